The van der Waals surface area contributed by atoms with Crippen LogP contribution < -0.4 is 0 Å². The summed E-state index contributed by atoms with van der Waals surface area (Å²) >= 11 is 5.94. The summed E-state index contributed by atoms with van der Waals surface area (Å²) in [6.45, 7) is 4.22. The molecule has 0 spiro atoms. The Labute approximate surface area is 116 Å². The van der Waals surface area contributed by atoms with E-state index in [1.807, 2.05) is 0 Å². The fourth-order valence-electron chi connectivity index (χ4n) is 1.75. The SMILES string of the molecule is CCC(Cl)CC(OC(C)=O)C(C(=O)O)C(C)C(=O)O. The van der Waals surface area contributed by atoms with Crippen LogP contribution in [-0.2, 0) is 19.1 Å². The summed E-state index contributed by atoms with van der Waals surface area (Å²) in [5.41, 5.74) is 0. The molecule has 0 aliphatic rings. The molecule has 0 fully saturated rings. The molecule has 0 aliphatic carbocycles. The maximum absolute atomic E-state index is 11.2. The highest BCUT2D eigenvalue weighted by atomic mass is 35.5. The third-order valence-electron chi connectivity index (χ3n) is 2.86. The van der Waals surface area contributed by atoms with Gasteiger partial charge in [0, 0.05) is 18.7 Å². The predicted molar refractivity (Wildman–Crippen MR) is 68.0 cm³/mol. The van der Waals surface area contributed by atoms with Crippen LogP contribution in [0.4, 0.5) is 0 Å². The van der Waals surface area contributed by atoms with Crippen molar-refractivity contribution >= 4 is 29.5 Å². The van der Waals surface area contributed by atoms with E-state index in [0.717, 1.165) is 6.92 Å². The zero-order valence-electron chi connectivity index (χ0n) is 11.1. The Bertz CT molecular complexity index is 343. The number of carboxylic acids is 2. The number of hydrogen-bond acceptors (Lipinski definition) is 4. The first-order valence-electron chi connectivity index (χ1n) is 5.97. The number of esters is 1. The third-order valence-corrected chi connectivity index (χ3v) is 3.35. The largest absolute Gasteiger partial charge is 0.481 e. The smallest absolute Gasteiger partial charge is 0.311 e. The predicted octanol–water partition coefficient (Wildman–Crippen LogP) is 1.75. The van der Waals surface area contributed by atoms with Crippen LogP contribution in [-0.4, -0.2) is 39.6 Å². The van der Waals surface area contributed by atoms with Crippen molar-refractivity contribution in [2.75, 3.05) is 0 Å². The van der Waals surface area contributed by atoms with E-state index >= 15 is 0 Å². The number of halogens is 1. The Morgan fingerprint density at radius 2 is 1.74 bits per heavy atom. The number of carbonyl (C=O) groups is 3. The van der Waals surface area contributed by atoms with Crippen molar-refractivity contribution in [1.82, 2.24) is 0 Å². The van der Waals surface area contributed by atoms with Gasteiger partial charge < -0.3 is 14.9 Å². The minimum Gasteiger partial charge on any atom is -0.481 e. The molecule has 4 unspecified atom stereocenters. The lowest BCUT2D eigenvalue weighted by atomic mass is 9.86. The Hall–Kier alpha value is -1.30. The molecule has 0 saturated heterocycles. The fourth-order valence-corrected chi connectivity index (χ4v) is 1.92. The van der Waals surface area contributed by atoms with Gasteiger partial charge in [0.2, 0.25) is 0 Å². The number of aliphatic carboxylic acids is 2. The lowest BCUT2D eigenvalue weighted by Crippen LogP contribution is -2.40. The van der Waals surface area contributed by atoms with Gasteiger partial charge in [0.05, 0.1) is 5.92 Å². The first-order valence-corrected chi connectivity index (χ1v) is 6.41. The molecule has 0 bridgehead atoms. The van der Waals surface area contributed by atoms with Gasteiger partial charge in [-0.2, -0.15) is 0 Å². The molecule has 4 atom stereocenters. The second-order valence-electron chi connectivity index (χ2n) is 4.38. The van der Waals surface area contributed by atoms with Gasteiger partial charge in [-0.15, -0.1) is 11.6 Å². The lowest BCUT2D eigenvalue weighted by molar-refractivity contribution is -0.166. The van der Waals surface area contributed by atoms with Gasteiger partial charge in [0.25, 0.3) is 0 Å². The van der Waals surface area contributed by atoms with E-state index in [-0.39, 0.29) is 11.8 Å². The maximum atomic E-state index is 11.2. The van der Waals surface area contributed by atoms with E-state index < -0.39 is 35.8 Å². The van der Waals surface area contributed by atoms with E-state index in [0.29, 0.717) is 6.42 Å². The van der Waals surface area contributed by atoms with Crippen molar-refractivity contribution in [3.05, 3.63) is 0 Å². The maximum Gasteiger partial charge on any atom is 0.311 e. The Balaban J connectivity index is 5.17. The quantitative estimate of drug-likeness (QED) is 0.522. The molecule has 0 saturated carbocycles. The number of carbonyl (C=O) groups excluding carboxylic acids is 1. The van der Waals surface area contributed by atoms with E-state index in [1.54, 1.807) is 6.92 Å². The number of hydrogen-bond donors (Lipinski definition) is 2. The van der Waals surface area contributed by atoms with Crippen LogP contribution in [0.5, 0.6) is 0 Å². The summed E-state index contributed by atoms with van der Waals surface area (Å²) in [5.74, 6) is -5.74. The molecule has 0 aromatic heterocycles. The molecule has 0 aromatic carbocycles. The van der Waals surface area contributed by atoms with Gasteiger partial charge in [-0.1, -0.05) is 13.8 Å². The topological polar surface area (TPSA) is 101 Å². The summed E-state index contributed by atoms with van der Waals surface area (Å²) in [4.78, 5) is 33.2. The van der Waals surface area contributed by atoms with Crippen LogP contribution in [0.25, 0.3) is 0 Å². The molecular weight excluding hydrogens is 276 g/mol. The van der Waals surface area contributed by atoms with Crippen LogP contribution in [0, 0.1) is 11.8 Å². The standard InChI is InChI=1S/C12H19ClO6/c1-4-8(13)5-9(19-7(3)14)10(12(17)18)6(2)11(15)16/h6,8-10H,4-5H2,1-3H3,(H,15,16)(H,17,18). The van der Waals surface area contributed by atoms with E-state index in [9.17, 15) is 14.4 Å². The lowest BCUT2D eigenvalue weighted by Gasteiger charge is -2.27. The Morgan fingerprint density at radius 1 is 1.21 bits per heavy atom. The van der Waals surface area contributed by atoms with Gasteiger partial charge in [0.1, 0.15) is 12.0 Å². The highest BCUT2D eigenvalue weighted by Crippen LogP contribution is 2.25. The van der Waals surface area contributed by atoms with Crippen molar-refractivity contribution in [3.8, 4) is 0 Å². The number of rotatable bonds is 8. The number of carboxylic acid groups (broad SMARTS) is 2. The zero-order chi connectivity index (χ0) is 15.2. The molecule has 0 aromatic rings. The Kier molecular flexibility index (Phi) is 7.44. The molecule has 0 amide bonds. The van der Waals surface area contributed by atoms with Crippen LogP contribution in [0.3, 0.4) is 0 Å². The van der Waals surface area contributed by atoms with Crippen LogP contribution in [0.1, 0.15) is 33.6 Å². The highest BCUT2D eigenvalue weighted by molar-refractivity contribution is 6.20. The summed E-state index contributed by atoms with van der Waals surface area (Å²) < 4.78 is 4.95. The monoisotopic (exact) mass is 294 g/mol. The van der Waals surface area contributed by atoms with Crippen molar-refractivity contribution in [2.24, 2.45) is 11.8 Å². The van der Waals surface area contributed by atoms with Gasteiger partial charge in [-0.3, -0.25) is 14.4 Å². The second-order valence-corrected chi connectivity index (χ2v) is 5.00. The zero-order valence-corrected chi connectivity index (χ0v) is 11.9. The molecule has 2 N–H and O–H groups in total. The number of ether oxygens (including phenoxy) is 1. The van der Waals surface area contributed by atoms with E-state index in [1.165, 1.54) is 6.92 Å². The third kappa shape index (κ3) is 5.92. The van der Waals surface area contributed by atoms with Crippen molar-refractivity contribution < 1.29 is 29.3 Å². The average molecular weight is 295 g/mol. The molecule has 0 aliphatic heterocycles. The molecule has 0 heterocycles. The minimum atomic E-state index is -1.32. The molecular formula is C12H19ClO6. The van der Waals surface area contributed by atoms with Crippen molar-refractivity contribution in [1.29, 1.82) is 0 Å². The van der Waals surface area contributed by atoms with Crippen molar-refractivity contribution in [2.45, 2.75) is 45.1 Å². The van der Waals surface area contributed by atoms with Gasteiger partial charge in [-0.25, -0.2) is 0 Å². The summed E-state index contributed by atoms with van der Waals surface area (Å²) in [5, 5.41) is 17.7. The average Bonchev–Trinajstić information content (AvgIpc) is 2.27. The fraction of sp³-hybridized carbons (Fsp3) is 0.750. The Morgan fingerprint density at radius 3 is 2.05 bits per heavy atom. The van der Waals surface area contributed by atoms with Gasteiger partial charge >= 0.3 is 17.9 Å². The van der Waals surface area contributed by atoms with Crippen LogP contribution >= 0.6 is 11.6 Å². The highest BCUT2D eigenvalue weighted by Gasteiger charge is 2.39. The van der Waals surface area contributed by atoms with E-state index in [2.05, 4.69) is 0 Å². The van der Waals surface area contributed by atoms with Gasteiger partial charge in [-0.05, 0) is 6.42 Å². The molecule has 19 heavy (non-hydrogen) atoms. The first kappa shape index (κ1) is 17.7. The molecule has 7 heteroatoms. The summed E-state index contributed by atoms with van der Waals surface area (Å²) in [6.07, 6.45) is -0.386. The van der Waals surface area contributed by atoms with Crippen molar-refractivity contribution in [3.63, 3.8) is 0 Å². The molecule has 110 valence electrons. The van der Waals surface area contributed by atoms with Crippen LogP contribution in [0.15, 0.2) is 0 Å². The molecule has 0 radical (unpaired) electrons. The normalized spacial score (nSPS) is 17.1. The minimum absolute atomic E-state index is 0.103. The van der Waals surface area contributed by atoms with Gasteiger partial charge in [0.15, 0.2) is 0 Å². The number of alkyl halides is 1. The van der Waals surface area contributed by atoms with Crippen LogP contribution in [0.2, 0.25) is 0 Å². The van der Waals surface area contributed by atoms with E-state index in [4.69, 9.17) is 26.6 Å². The summed E-state index contributed by atoms with van der Waals surface area (Å²) in [7, 11) is 0. The summed E-state index contributed by atoms with van der Waals surface area (Å²) in [6, 6.07) is 0. The second kappa shape index (κ2) is 7.99. The first-order chi connectivity index (χ1) is 8.70. The molecule has 6 nitrogen and oxygen atoms in total. The molecule has 0 rings (SSSR count).